The summed E-state index contributed by atoms with van der Waals surface area (Å²) in [5.74, 6) is 3.32. The molecular weight excluding hydrogens is 476 g/mol. The summed E-state index contributed by atoms with van der Waals surface area (Å²) in [4.78, 5) is 0. The SMILES string of the molecule is COc1c2cccc1Cc1cc(N)cc(c1OC)Cc1cccc(c1OC)Cc1cc(N)cc(c1OC)C2. The zero-order valence-corrected chi connectivity index (χ0v) is 22.4. The van der Waals surface area contributed by atoms with E-state index in [1.165, 1.54) is 0 Å². The van der Waals surface area contributed by atoms with Crippen LogP contribution in [0, 0.1) is 0 Å². The number of nitrogens with two attached hydrogens (primary N) is 2. The first kappa shape index (κ1) is 25.3. The number of nitrogen functional groups attached to an aromatic ring is 2. The van der Waals surface area contributed by atoms with Gasteiger partial charge in [0.2, 0.25) is 0 Å². The van der Waals surface area contributed by atoms with Gasteiger partial charge in [-0.25, -0.2) is 0 Å². The van der Waals surface area contributed by atoms with Gasteiger partial charge in [0.15, 0.2) is 0 Å². The summed E-state index contributed by atoms with van der Waals surface area (Å²) in [7, 11) is 6.84. The van der Waals surface area contributed by atoms with Crippen molar-refractivity contribution in [3.63, 3.8) is 0 Å². The maximum atomic E-state index is 6.42. The predicted molar refractivity (Wildman–Crippen MR) is 152 cm³/mol. The molecule has 4 aromatic carbocycles. The smallest absolute Gasteiger partial charge is 0.126 e. The topological polar surface area (TPSA) is 89.0 Å². The van der Waals surface area contributed by atoms with Crippen molar-refractivity contribution >= 4 is 11.4 Å². The third-order valence-electron chi connectivity index (χ3n) is 7.23. The Kier molecular flexibility index (Phi) is 7.05. The number of hydrogen-bond donors (Lipinski definition) is 2. The average Bonchev–Trinajstić information content (AvgIpc) is 2.88. The van der Waals surface area contributed by atoms with E-state index in [2.05, 4.69) is 36.4 Å². The molecule has 1 aliphatic carbocycles. The van der Waals surface area contributed by atoms with E-state index in [0.717, 1.165) is 67.5 Å². The molecule has 0 atom stereocenters. The second kappa shape index (κ2) is 10.6. The molecule has 196 valence electrons. The van der Waals surface area contributed by atoms with Crippen molar-refractivity contribution in [1.29, 1.82) is 0 Å². The summed E-state index contributed by atoms with van der Waals surface area (Å²) < 4.78 is 23.9. The van der Waals surface area contributed by atoms with Gasteiger partial charge in [-0.2, -0.15) is 0 Å². The van der Waals surface area contributed by atoms with Crippen LogP contribution in [-0.4, -0.2) is 28.4 Å². The fourth-order valence-electron chi connectivity index (χ4n) is 5.79. The van der Waals surface area contributed by atoms with Gasteiger partial charge in [0.05, 0.1) is 28.4 Å². The van der Waals surface area contributed by atoms with E-state index in [9.17, 15) is 0 Å². The quantitative estimate of drug-likeness (QED) is 0.308. The van der Waals surface area contributed by atoms with E-state index in [1.807, 2.05) is 24.3 Å². The summed E-state index contributed by atoms with van der Waals surface area (Å²) in [6, 6.07) is 20.4. The number of anilines is 2. The number of rotatable bonds is 4. The molecule has 4 aromatic rings. The Hall–Kier alpha value is -4.32. The lowest BCUT2D eigenvalue weighted by molar-refractivity contribution is 0.396. The number of benzene rings is 4. The summed E-state index contributed by atoms with van der Waals surface area (Å²) >= 11 is 0. The van der Waals surface area contributed by atoms with Crippen LogP contribution in [0.1, 0.15) is 44.5 Å². The maximum Gasteiger partial charge on any atom is 0.126 e. The Bertz CT molecular complexity index is 1290. The van der Waals surface area contributed by atoms with Crippen LogP contribution in [0.2, 0.25) is 0 Å². The van der Waals surface area contributed by atoms with Gasteiger partial charge in [-0.1, -0.05) is 36.4 Å². The van der Waals surface area contributed by atoms with Gasteiger partial charge in [-0.15, -0.1) is 0 Å². The minimum absolute atomic E-state index is 0.606. The standard InChI is InChI=1S/C32H34N2O4/c1-35-29-19-7-5-8-20(29)12-24-16-28(34)18-26(32(24)38-4)14-22-10-6-9-21(30(22)36-2)13-25-17-27(33)15-23(11-19)31(25)37-3/h5-10,15-18H,11-14,33-34H2,1-4H3. The number of methoxy groups -OCH3 is 4. The first-order valence-corrected chi connectivity index (χ1v) is 12.7. The normalized spacial score (nSPS) is 12.5. The monoisotopic (exact) mass is 510 g/mol. The molecule has 0 amide bonds. The van der Waals surface area contributed by atoms with E-state index in [4.69, 9.17) is 30.4 Å². The van der Waals surface area contributed by atoms with E-state index >= 15 is 0 Å². The number of para-hydroxylation sites is 2. The Labute approximate surface area is 224 Å². The van der Waals surface area contributed by atoms with Crippen molar-refractivity contribution < 1.29 is 18.9 Å². The molecule has 0 unspecified atom stereocenters. The van der Waals surface area contributed by atoms with Gasteiger partial charge in [-0.05, 0) is 46.5 Å². The third kappa shape index (κ3) is 4.70. The molecular formula is C32H34N2O4. The Morgan fingerprint density at radius 3 is 0.895 bits per heavy atom. The van der Waals surface area contributed by atoms with Gasteiger partial charge >= 0.3 is 0 Å². The zero-order chi connectivity index (χ0) is 26.8. The largest absolute Gasteiger partial charge is 0.496 e. The highest BCUT2D eigenvalue weighted by Crippen LogP contribution is 2.39. The summed E-state index contributed by atoms with van der Waals surface area (Å²) in [5.41, 5.74) is 22.4. The minimum Gasteiger partial charge on any atom is -0.496 e. The molecule has 0 saturated heterocycles. The van der Waals surface area contributed by atoms with Crippen molar-refractivity contribution in [1.82, 2.24) is 0 Å². The van der Waals surface area contributed by atoms with Gasteiger partial charge in [-0.3, -0.25) is 0 Å². The van der Waals surface area contributed by atoms with Gasteiger partial charge in [0.25, 0.3) is 0 Å². The lowest BCUT2D eigenvalue weighted by Gasteiger charge is -2.21. The van der Waals surface area contributed by atoms with E-state index in [1.54, 1.807) is 28.4 Å². The fraction of sp³-hybridized carbons (Fsp3) is 0.250. The molecule has 0 radical (unpaired) electrons. The van der Waals surface area contributed by atoms with Crippen molar-refractivity contribution in [2.45, 2.75) is 25.7 Å². The van der Waals surface area contributed by atoms with Crippen molar-refractivity contribution in [3.05, 3.63) is 105 Å². The molecule has 0 spiro atoms. The molecule has 4 N–H and O–H groups in total. The number of fused-ring (bicyclic) bond motifs is 8. The van der Waals surface area contributed by atoms with E-state index in [0.29, 0.717) is 37.1 Å². The zero-order valence-electron chi connectivity index (χ0n) is 22.4. The van der Waals surface area contributed by atoms with Crippen LogP contribution in [0.25, 0.3) is 0 Å². The van der Waals surface area contributed by atoms with Crippen molar-refractivity contribution in [2.24, 2.45) is 0 Å². The van der Waals surface area contributed by atoms with E-state index < -0.39 is 0 Å². The third-order valence-corrected chi connectivity index (χ3v) is 7.23. The predicted octanol–water partition coefficient (Wildman–Crippen LogP) is 5.56. The summed E-state index contributed by atoms with van der Waals surface area (Å²) in [6.45, 7) is 0. The Morgan fingerprint density at radius 1 is 0.421 bits per heavy atom. The molecule has 0 heterocycles. The minimum atomic E-state index is 0.606. The Morgan fingerprint density at radius 2 is 0.658 bits per heavy atom. The van der Waals surface area contributed by atoms with Gasteiger partial charge < -0.3 is 30.4 Å². The fourth-order valence-corrected chi connectivity index (χ4v) is 5.79. The maximum absolute atomic E-state index is 6.42. The van der Waals surface area contributed by atoms with Crippen LogP contribution < -0.4 is 30.4 Å². The molecule has 6 nitrogen and oxygen atoms in total. The van der Waals surface area contributed by atoms with Crippen LogP contribution in [-0.2, 0) is 25.7 Å². The van der Waals surface area contributed by atoms with Crippen LogP contribution in [0.15, 0.2) is 60.7 Å². The first-order valence-electron chi connectivity index (χ1n) is 12.7. The van der Waals surface area contributed by atoms with Gasteiger partial charge in [0, 0.05) is 59.3 Å². The molecule has 38 heavy (non-hydrogen) atoms. The second-order valence-corrected chi connectivity index (χ2v) is 9.67. The molecule has 0 saturated carbocycles. The van der Waals surface area contributed by atoms with Crippen LogP contribution >= 0.6 is 0 Å². The highest BCUT2D eigenvalue weighted by Gasteiger charge is 2.21. The van der Waals surface area contributed by atoms with Crippen molar-refractivity contribution in [2.75, 3.05) is 39.9 Å². The molecule has 8 bridgehead atoms. The highest BCUT2D eigenvalue weighted by atomic mass is 16.5. The highest BCUT2D eigenvalue weighted by molar-refractivity contribution is 5.61. The van der Waals surface area contributed by atoms with Crippen LogP contribution in [0.4, 0.5) is 11.4 Å². The number of ether oxygens (including phenoxy) is 4. The van der Waals surface area contributed by atoms with Gasteiger partial charge in [0.1, 0.15) is 23.0 Å². The second-order valence-electron chi connectivity index (χ2n) is 9.67. The van der Waals surface area contributed by atoms with Crippen LogP contribution in [0.5, 0.6) is 23.0 Å². The van der Waals surface area contributed by atoms with Crippen LogP contribution in [0.3, 0.4) is 0 Å². The number of hydrogen-bond acceptors (Lipinski definition) is 6. The molecule has 0 aromatic heterocycles. The first-order chi connectivity index (χ1) is 18.4. The average molecular weight is 511 g/mol. The molecule has 1 aliphatic rings. The summed E-state index contributed by atoms with van der Waals surface area (Å²) in [5, 5.41) is 0. The summed E-state index contributed by atoms with van der Waals surface area (Å²) in [6.07, 6.45) is 2.42. The van der Waals surface area contributed by atoms with E-state index in [-0.39, 0.29) is 0 Å². The lowest BCUT2D eigenvalue weighted by atomic mass is 9.91. The molecule has 0 fully saturated rings. The van der Waals surface area contributed by atoms with Crippen molar-refractivity contribution in [3.8, 4) is 23.0 Å². The Balaban J connectivity index is 1.80. The molecule has 0 aliphatic heterocycles. The molecule has 5 rings (SSSR count). The lowest BCUT2D eigenvalue weighted by Crippen LogP contribution is -2.07. The molecule has 6 heteroatoms.